The molecule has 1 aliphatic rings. The van der Waals surface area contributed by atoms with Crippen LogP contribution in [0.1, 0.15) is 26.2 Å². The van der Waals surface area contributed by atoms with Crippen LogP contribution in [0.3, 0.4) is 0 Å². The molecule has 7 nitrogen and oxygen atoms in total. The van der Waals surface area contributed by atoms with Gasteiger partial charge in [0.2, 0.25) is 11.8 Å². The Hall–Kier alpha value is -1.92. The normalized spacial score (nSPS) is 19.1. The van der Waals surface area contributed by atoms with E-state index in [4.69, 9.17) is 0 Å². The van der Waals surface area contributed by atoms with Crippen LogP contribution in [0.25, 0.3) is 0 Å². The molecule has 18 heavy (non-hydrogen) atoms. The molecule has 1 saturated heterocycles. The fourth-order valence-corrected chi connectivity index (χ4v) is 1.66. The van der Waals surface area contributed by atoms with Gasteiger partial charge in [-0.05, 0) is 6.92 Å². The van der Waals surface area contributed by atoms with Gasteiger partial charge in [-0.25, -0.2) is 0 Å². The van der Waals surface area contributed by atoms with E-state index in [-0.39, 0.29) is 37.5 Å². The number of nitrogens with one attached hydrogen (secondary N) is 1. The second-order valence-electron chi connectivity index (χ2n) is 4.17. The van der Waals surface area contributed by atoms with E-state index in [1.165, 1.54) is 14.0 Å². The molecule has 0 aromatic rings. The Kier molecular flexibility index (Phi) is 4.82. The van der Waals surface area contributed by atoms with E-state index < -0.39 is 17.8 Å². The fraction of sp³-hybridized carbons (Fsp3) is 0.636. The van der Waals surface area contributed by atoms with Crippen molar-refractivity contribution in [2.45, 2.75) is 26.2 Å². The molecule has 1 heterocycles. The molecule has 1 fully saturated rings. The first-order valence-electron chi connectivity index (χ1n) is 5.61. The Morgan fingerprint density at radius 1 is 1.39 bits per heavy atom. The zero-order chi connectivity index (χ0) is 13.7. The lowest BCUT2D eigenvalue weighted by atomic mass is 10.0. The summed E-state index contributed by atoms with van der Waals surface area (Å²) < 4.78 is 4.55. The van der Waals surface area contributed by atoms with Crippen LogP contribution < -0.4 is 5.43 Å². The fourth-order valence-electron chi connectivity index (χ4n) is 1.66. The number of carbonyl (C=O) groups excluding carboxylic acids is 4. The number of hydrogen-bond donors (Lipinski definition) is 1. The van der Waals surface area contributed by atoms with E-state index in [0.717, 1.165) is 5.01 Å². The molecular weight excluding hydrogens is 240 g/mol. The van der Waals surface area contributed by atoms with Crippen LogP contribution in [0, 0.1) is 5.92 Å². The number of ketones is 1. The van der Waals surface area contributed by atoms with Crippen LogP contribution in [-0.4, -0.2) is 42.2 Å². The number of carbonyl (C=O) groups is 4. The summed E-state index contributed by atoms with van der Waals surface area (Å²) in [4.78, 5) is 45.2. The summed E-state index contributed by atoms with van der Waals surface area (Å²) in [6.45, 7) is 1.47. The van der Waals surface area contributed by atoms with Crippen LogP contribution >= 0.6 is 0 Å². The molecule has 0 saturated carbocycles. The van der Waals surface area contributed by atoms with Gasteiger partial charge in [0.15, 0.2) is 0 Å². The maximum atomic E-state index is 11.7. The molecule has 1 N–H and O–H groups in total. The van der Waals surface area contributed by atoms with Crippen LogP contribution in [0.15, 0.2) is 0 Å². The highest BCUT2D eigenvalue weighted by Crippen LogP contribution is 2.13. The predicted octanol–water partition coefficient (Wildman–Crippen LogP) is -0.592. The molecule has 0 aromatic carbocycles. The number of methoxy groups -OCH3 is 1. The third-order valence-electron chi connectivity index (χ3n) is 2.62. The lowest BCUT2D eigenvalue weighted by Crippen LogP contribution is -2.54. The molecule has 100 valence electrons. The van der Waals surface area contributed by atoms with E-state index in [1.807, 2.05) is 0 Å². The second kappa shape index (κ2) is 6.13. The van der Waals surface area contributed by atoms with Gasteiger partial charge < -0.3 is 9.53 Å². The van der Waals surface area contributed by atoms with Gasteiger partial charge in [0.25, 0.3) is 0 Å². The average Bonchev–Trinajstić information content (AvgIpc) is 2.34. The molecule has 0 aromatic heterocycles. The Bertz CT molecular complexity index is 380. The highest BCUT2D eigenvalue weighted by Gasteiger charge is 2.33. The summed E-state index contributed by atoms with van der Waals surface area (Å²) in [6, 6.07) is 0. The largest absolute Gasteiger partial charge is 0.469 e. The zero-order valence-corrected chi connectivity index (χ0v) is 10.4. The molecule has 1 aliphatic heterocycles. The van der Waals surface area contributed by atoms with E-state index in [9.17, 15) is 19.2 Å². The molecule has 1 rings (SSSR count). The van der Waals surface area contributed by atoms with Gasteiger partial charge in [-0.2, -0.15) is 0 Å². The van der Waals surface area contributed by atoms with Crippen molar-refractivity contribution < 1.29 is 23.9 Å². The van der Waals surface area contributed by atoms with Crippen LogP contribution in [-0.2, 0) is 23.9 Å². The third kappa shape index (κ3) is 3.83. The summed E-state index contributed by atoms with van der Waals surface area (Å²) >= 11 is 0. The van der Waals surface area contributed by atoms with Crippen LogP contribution in [0.2, 0.25) is 0 Å². The number of ether oxygens (including phenoxy) is 1. The quantitative estimate of drug-likeness (QED) is 0.678. The monoisotopic (exact) mass is 256 g/mol. The predicted molar refractivity (Wildman–Crippen MR) is 59.9 cm³/mol. The smallest absolute Gasteiger partial charge is 0.311 e. The standard InChI is InChI=1S/C11H16N2O5/c1-7(14)3-4-10(16)13-6-8(11(17)18-2)5-9(15)12-13/h8H,3-6H2,1-2H3,(H,12,15). The van der Waals surface area contributed by atoms with E-state index >= 15 is 0 Å². The Labute approximate surface area is 104 Å². The number of Topliss-reactive ketones (excluding diaryl/α,β-unsaturated/α-hetero) is 1. The van der Waals surface area contributed by atoms with Gasteiger partial charge in [-0.1, -0.05) is 0 Å². The first-order chi connectivity index (χ1) is 8.43. The lowest BCUT2D eigenvalue weighted by Gasteiger charge is -2.31. The molecule has 0 bridgehead atoms. The van der Waals surface area contributed by atoms with Gasteiger partial charge in [0, 0.05) is 19.3 Å². The number of amides is 2. The summed E-state index contributed by atoms with van der Waals surface area (Å²) in [5.74, 6) is -2.06. The summed E-state index contributed by atoms with van der Waals surface area (Å²) in [7, 11) is 1.23. The third-order valence-corrected chi connectivity index (χ3v) is 2.62. The molecule has 2 amide bonds. The van der Waals surface area contributed by atoms with Crippen molar-refractivity contribution in [3.05, 3.63) is 0 Å². The minimum absolute atomic E-state index is 0.00314. The minimum atomic E-state index is -0.648. The van der Waals surface area contributed by atoms with Crippen molar-refractivity contribution in [3.63, 3.8) is 0 Å². The minimum Gasteiger partial charge on any atom is -0.469 e. The van der Waals surface area contributed by atoms with Crippen LogP contribution in [0.4, 0.5) is 0 Å². The van der Waals surface area contributed by atoms with Gasteiger partial charge in [-0.3, -0.25) is 24.8 Å². The van der Waals surface area contributed by atoms with E-state index in [0.29, 0.717) is 0 Å². The highest BCUT2D eigenvalue weighted by molar-refractivity contribution is 5.89. The summed E-state index contributed by atoms with van der Waals surface area (Å²) in [5.41, 5.74) is 2.37. The van der Waals surface area contributed by atoms with Gasteiger partial charge in [0.05, 0.1) is 19.6 Å². The molecule has 0 aliphatic carbocycles. The number of esters is 1. The maximum absolute atomic E-state index is 11.7. The molecule has 1 atom stereocenters. The molecule has 7 heteroatoms. The van der Waals surface area contributed by atoms with Crippen molar-refractivity contribution in [2.75, 3.05) is 13.7 Å². The number of hydrazine groups is 1. The van der Waals surface area contributed by atoms with Crippen molar-refractivity contribution in [1.29, 1.82) is 0 Å². The first kappa shape index (κ1) is 14.1. The van der Waals surface area contributed by atoms with E-state index in [1.54, 1.807) is 0 Å². The first-order valence-corrected chi connectivity index (χ1v) is 5.61. The number of rotatable bonds is 4. The van der Waals surface area contributed by atoms with Crippen LogP contribution in [0.5, 0.6) is 0 Å². The molecule has 0 radical (unpaired) electrons. The maximum Gasteiger partial charge on any atom is 0.311 e. The SMILES string of the molecule is COC(=O)C1CC(=O)NN(C(=O)CCC(C)=O)C1. The summed E-state index contributed by atoms with van der Waals surface area (Å²) in [5, 5.41) is 1.08. The van der Waals surface area contributed by atoms with Gasteiger partial charge in [0.1, 0.15) is 5.78 Å². The average molecular weight is 256 g/mol. The topological polar surface area (TPSA) is 92.8 Å². The van der Waals surface area contributed by atoms with Crippen molar-refractivity contribution in [1.82, 2.24) is 10.4 Å². The summed E-state index contributed by atoms with van der Waals surface area (Å²) in [6.07, 6.45) is 0.140. The number of nitrogens with zero attached hydrogens (tertiary/aromatic N) is 1. The Morgan fingerprint density at radius 3 is 2.61 bits per heavy atom. The van der Waals surface area contributed by atoms with Crippen molar-refractivity contribution >= 4 is 23.6 Å². The van der Waals surface area contributed by atoms with E-state index in [2.05, 4.69) is 10.2 Å². The Balaban J connectivity index is 2.60. The van der Waals surface area contributed by atoms with Crippen molar-refractivity contribution in [3.8, 4) is 0 Å². The second-order valence-corrected chi connectivity index (χ2v) is 4.17. The van der Waals surface area contributed by atoms with Gasteiger partial charge >= 0.3 is 5.97 Å². The molecule has 1 unspecified atom stereocenters. The molecular formula is C11H16N2O5. The Morgan fingerprint density at radius 2 is 2.06 bits per heavy atom. The number of hydrogen-bond acceptors (Lipinski definition) is 5. The zero-order valence-electron chi connectivity index (χ0n) is 10.4. The lowest BCUT2D eigenvalue weighted by molar-refractivity contribution is -0.157. The molecule has 0 spiro atoms. The highest BCUT2D eigenvalue weighted by atomic mass is 16.5. The van der Waals surface area contributed by atoms with Crippen molar-refractivity contribution in [2.24, 2.45) is 5.92 Å². The van der Waals surface area contributed by atoms with Gasteiger partial charge in [-0.15, -0.1) is 0 Å².